The fourth-order valence-electron chi connectivity index (χ4n) is 3.11. The summed E-state index contributed by atoms with van der Waals surface area (Å²) in [5, 5.41) is 7.83. The van der Waals surface area contributed by atoms with Gasteiger partial charge >= 0.3 is 0 Å². The standard InChI is InChI=1S/C17H19N5O3/c1-11(22-10-18-13-5-3-4-6-14(13)22)17(23)21-7-8-24-15(9-21)16-20-19-12(2)25-16/h3-6,10-11,15H,7-9H2,1-2H3. The number of ether oxygens (including phenoxy) is 1. The van der Waals surface area contributed by atoms with E-state index in [2.05, 4.69) is 15.2 Å². The van der Waals surface area contributed by atoms with Crippen molar-refractivity contribution in [2.24, 2.45) is 0 Å². The second-order valence-corrected chi connectivity index (χ2v) is 6.12. The van der Waals surface area contributed by atoms with Crippen molar-refractivity contribution in [1.82, 2.24) is 24.6 Å². The second kappa shape index (κ2) is 6.29. The number of hydrogen-bond donors (Lipinski definition) is 0. The molecule has 1 aromatic carbocycles. The number of amides is 1. The zero-order valence-corrected chi connectivity index (χ0v) is 14.1. The first-order valence-corrected chi connectivity index (χ1v) is 8.25. The van der Waals surface area contributed by atoms with Gasteiger partial charge in [-0.25, -0.2) is 4.98 Å². The van der Waals surface area contributed by atoms with E-state index in [9.17, 15) is 4.79 Å². The van der Waals surface area contributed by atoms with E-state index in [1.165, 1.54) is 0 Å². The van der Waals surface area contributed by atoms with E-state index in [0.717, 1.165) is 11.0 Å². The highest BCUT2D eigenvalue weighted by Crippen LogP contribution is 2.24. The Labute approximate surface area is 144 Å². The Balaban J connectivity index is 1.53. The van der Waals surface area contributed by atoms with Crippen molar-refractivity contribution < 1.29 is 13.9 Å². The molecule has 1 amide bonds. The van der Waals surface area contributed by atoms with Gasteiger partial charge in [0, 0.05) is 13.5 Å². The maximum Gasteiger partial charge on any atom is 0.246 e. The lowest BCUT2D eigenvalue weighted by atomic mass is 10.2. The van der Waals surface area contributed by atoms with Crippen LogP contribution in [0.1, 0.15) is 30.9 Å². The van der Waals surface area contributed by atoms with E-state index >= 15 is 0 Å². The number of nitrogens with zero attached hydrogens (tertiary/aromatic N) is 5. The number of carbonyl (C=O) groups excluding carboxylic acids is 1. The van der Waals surface area contributed by atoms with Crippen LogP contribution in [-0.4, -0.2) is 50.3 Å². The number of aryl methyl sites for hydroxylation is 1. The van der Waals surface area contributed by atoms with Gasteiger partial charge in [-0.3, -0.25) is 4.79 Å². The van der Waals surface area contributed by atoms with Crippen LogP contribution in [0.2, 0.25) is 0 Å². The third kappa shape index (κ3) is 2.89. The monoisotopic (exact) mass is 341 g/mol. The van der Waals surface area contributed by atoms with E-state index < -0.39 is 0 Å². The summed E-state index contributed by atoms with van der Waals surface area (Å²) in [7, 11) is 0. The van der Waals surface area contributed by atoms with Gasteiger partial charge in [-0.1, -0.05) is 12.1 Å². The number of hydrogen-bond acceptors (Lipinski definition) is 6. The molecule has 8 heteroatoms. The fraction of sp³-hybridized carbons (Fsp3) is 0.412. The van der Waals surface area contributed by atoms with Gasteiger partial charge in [-0.2, -0.15) is 0 Å². The van der Waals surface area contributed by atoms with Gasteiger partial charge in [-0.15, -0.1) is 10.2 Å². The van der Waals surface area contributed by atoms with Crippen molar-refractivity contribution in [3.05, 3.63) is 42.4 Å². The Morgan fingerprint density at radius 3 is 2.96 bits per heavy atom. The summed E-state index contributed by atoms with van der Waals surface area (Å²) in [5.74, 6) is 0.920. The van der Waals surface area contributed by atoms with Gasteiger partial charge in [0.15, 0.2) is 6.10 Å². The topological polar surface area (TPSA) is 86.3 Å². The van der Waals surface area contributed by atoms with Gasteiger partial charge in [0.25, 0.3) is 0 Å². The van der Waals surface area contributed by atoms with Crippen LogP contribution in [0.15, 0.2) is 35.0 Å². The van der Waals surface area contributed by atoms with Gasteiger partial charge in [0.2, 0.25) is 17.7 Å². The highest BCUT2D eigenvalue weighted by Gasteiger charge is 2.31. The molecule has 4 rings (SSSR count). The smallest absolute Gasteiger partial charge is 0.246 e. The molecule has 3 aromatic rings. The van der Waals surface area contributed by atoms with Crippen molar-refractivity contribution in [2.75, 3.05) is 19.7 Å². The molecule has 1 fully saturated rings. The number of carbonyl (C=O) groups is 1. The average Bonchev–Trinajstić information content (AvgIpc) is 3.27. The van der Waals surface area contributed by atoms with Crippen LogP contribution in [0.25, 0.3) is 11.0 Å². The number of rotatable bonds is 3. The third-order valence-electron chi connectivity index (χ3n) is 4.45. The van der Waals surface area contributed by atoms with Crippen LogP contribution in [-0.2, 0) is 9.53 Å². The highest BCUT2D eigenvalue weighted by atomic mass is 16.5. The molecule has 0 bridgehead atoms. The van der Waals surface area contributed by atoms with E-state index in [1.54, 1.807) is 18.2 Å². The zero-order valence-electron chi connectivity index (χ0n) is 14.1. The molecule has 2 aromatic heterocycles. The molecule has 0 radical (unpaired) electrons. The lowest BCUT2D eigenvalue weighted by Gasteiger charge is -2.33. The van der Waals surface area contributed by atoms with Crippen molar-refractivity contribution >= 4 is 16.9 Å². The molecule has 25 heavy (non-hydrogen) atoms. The Bertz CT molecular complexity index is 902. The fourth-order valence-corrected chi connectivity index (χ4v) is 3.11. The van der Waals surface area contributed by atoms with Crippen molar-refractivity contribution in [3.63, 3.8) is 0 Å². The Morgan fingerprint density at radius 1 is 1.32 bits per heavy atom. The quantitative estimate of drug-likeness (QED) is 0.723. The first-order valence-electron chi connectivity index (χ1n) is 8.25. The molecule has 0 N–H and O–H groups in total. The number of imidazole rings is 1. The molecule has 2 unspecified atom stereocenters. The minimum atomic E-state index is -0.384. The van der Waals surface area contributed by atoms with E-state index in [4.69, 9.17) is 9.15 Å². The molecule has 0 saturated carbocycles. The molecule has 0 spiro atoms. The summed E-state index contributed by atoms with van der Waals surface area (Å²) in [5.41, 5.74) is 1.82. The first-order chi connectivity index (χ1) is 12.1. The number of aromatic nitrogens is 4. The predicted molar refractivity (Wildman–Crippen MR) is 88.8 cm³/mol. The number of para-hydroxylation sites is 2. The predicted octanol–water partition coefficient (Wildman–Crippen LogP) is 1.89. The molecule has 1 aliphatic rings. The lowest BCUT2D eigenvalue weighted by molar-refractivity contribution is -0.142. The number of morpholine rings is 1. The molecule has 2 atom stereocenters. The Kier molecular flexibility index (Phi) is 3.96. The summed E-state index contributed by atoms with van der Waals surface area (Å²) in [6.07, 6.45) is 1.33. The summed E-state index contributed by atoms with van der Waals surface area (Å²) in [6, 6.07) is 7.43. The van der Waals surface area contributed by atoms with Crippen LogP contribution >= 0.6 is 0 Å². The van der Waals surface area contributed by atoms with Gasteiger partial charge in [0.05, 0.1) is 30.5 Å². The Hall–Kier alpha value is -2.74. The maximum absolute atomic E-state index is 13.0. The van der Waals surface area contributed by atoms with Crippen LogP contribution in [0, 0.1) is 6.92 Å². The van der Waals surface area contributed by atoms with Crippen LogP contribution < -0.4 is 0 Å². The third-order valence-corrected chi connectivity index (χ3v) is 4.45. The molecular formula is C17H19N5O3. The van der Waals surface area contributed by atoms with Crippen LogP contribution in [0.4, 0.5) is 0 Å². The molecule has 1 saturated heterocycles. The molecular weight excluding hydrogens is 322 g/mol. The van der Waals surface area contributed by atoms with Gasteiger partial charge in [0.1, 0.15) is 6.04 Å². The van der Waals surface area contributed by atoms with E-state index in [-0.39, 0.29) is 18.1 Å². The normalized spacial score (nSPS) is 19.3. The summed E-state index contributed by atoms with van der Waals surface area (Å²) < 4.78 is 13.0. The Morgan fingerprint density at radius 2 is 2.16 bits per heavy atom. The molecule has 8 nitrogen and oxygen atoms in total. The summed E-state index contributed by atoms with van der Waals surface area (Å²) >= 11 is 0. The molecule has 0 aliphatic carbocycles. The van der Waals surface area contributed by atoms with Gasteiger partial charge in [-0.05, 0) is 19.1 Å². The van der Waals surface area contributed by atoms with Crippen molar-refractivity contribution in [3.8, 4) is 0 Å². The lowest BCUT2D eigenvalue weighted by Crippen LogP contribution is -2.44. The maximum atomic E-state index is 13.0. The minimum Gasteiger partial charge on any atom is -0.423 e. The summed E-state index contributed by atoms with van der Waals surface area (Å²) in [6.45, 7) is 5.00. The van der Waals surface area contributed by atoms with Crippen molar-refractivity contribution in [1.29, 1.82) is 0 Å². The van der Waals surface area contributed by atoms with Crippen LogP contribution in [0.5, 0.6) is 0 Å². The SMILES string of the molecule is Cc1nnc(C2CN(C(=O)C(C)n3cnc4ccccc43)CCO2)o1. The summed E-state index contributed by atoms with van der Waals surface area (Å²) in [4.78, 5) is 19.1. The molecule has 130 valence electrons. The molecule has 3 heterocycles. The van der Waals surface area contributed by atoms with E-state index in [0.29, 0.717) is 31.5 Å². The second-order valence-electron chi connectivity index (χ2n) is 6.12. The highest BCUT2D eigenvalue weighted by molar-refractivity contribution is 5.83. The average molecular weight is 341 g/mol. The first kappa shape index (κ1) is 15.8. The number of fused-ring (bicyclic) bond motifs is 1. The minimum absolute atomic E-state index is 0.0210. The van der Waals surface area contributed by atoms with E-state index in [1.807, 2.05) is 35.8 Å². The zero-order chi connectivity index (χ0) is 17.4. The van der Waals surface area contributed by atoms with Crippen LogP contribution in [0.3, 0.4) is 0 Å². The number of benzene rings is 1. The molecule has 1 aliphatic heterocycles. The largest absolute Gasteiger partial charge is 0.423 e. The van der Waals surface area contributed by atoms with Gasteiger partial charge < -0.3 is 18.6 Å². The van der Waals surface area contributed by atoms with Crippen molar-refractivity contribution in [2.45, 2.75) is 26.0 Å².